The van der Waals surface area contributed by atoms with Gasteiger partial charge in [-0.15, -0.1) is 12.4 Å². The lowest BCUT2D eigenvalue weighted by molar-refractivity contribution is -0.141. The van der Waals surface area contributed by atoms with E-state index in [2.05, 4.69) is 43.6 Å². The molecule has 6 rings (SSSR count). The van der Waals surface area contributed by atoms with Crippen LogP contribution in [-0.2, 0) is 36.6 Å². The molecule has 2 aromatic rings. The van der Waals surface area contributed by atoms with Crippen LogP contribution in [0.3, 0.4) is 0 Å². The van der Waals surface area contributed by atoms with Crippen molar-refractivity contribution in [2.45, 2.75) is 116 Å². The number of rotatable bonds is 8. The van der Waals surface area contributed by atoms with Crippen molar-refractivity contribution in [1.82, 2.24) is 20.9 Å². The zero-order chi connectivity index (χ0) is 37.1. The first-order valence-electron chi connectivity index (χ1n) is 17.9. The van der Waals surface area contributed by atoms with Gasteiger partial charge in [0.05, 0.1) is 25.8 Å². The SMILES string of the molecule is CC(C)(C)OC(=O)N1C[C@H](C(=O)NC2CC2(C)C)OC[C@@H]1Cc1ccc(Cl)cc1.CC1(C)CC1NC(=O)[C@H]1CN[C@@H](Cc2ccc(Cl)cc2)CO1.Cl. The van der Waals surface area contributed by atoms with E-state index in [4.69, 9.17) is 37.4 Å². The molecule has 4 fully saturated rings. The Morgan fingerprint density at radius 1 is 0.808 bits per heavy atom. The van der Waals surface area contributed by atoms with Crippen LogP contribution in [0.1, 0.15) is 72.4 Å². The zero-order valence-corrected chi connectivity index (χ0v) is 33.6. The Morgan fingerprint density at radius 2 is 1.27 bits per heavy atom. The molecular weight excluding hydrogens is 727 g/mol. The Kier molecular flexibility index (Phi) is 14.0. The summed E-state index contributed by atoms with van der Waals surface area (Å²) < 4.78 is 17.2. The second-order valence-electron chi connectivity index (χ2n) is 16.7. The minimum atomic E-state index is -0.694. The fourth-order valence-electron chi connectivity index (χ4n) is 6.25. The fourth-order valence-corrected chi connectivity index (χ4v) is 6.50. The molecule has 6 atom stereocenters. The highest BCUT2D eigenvalue weighted by Gasteiger charge is 2.49. The first-order chi connectivity index (χ1) is 23.9. The molecule has 4 aliphatic rings. The topological polar surface area (TPSA) is 118 Å². The van der Waals surface area contributed by atoms with Crippen molar-refractivity contribution in [2.75, 3.05) is 26.3 Å². The van der Waals surface area contributed by atoms with E-state index < -0.39 is 17.8 Å². The molecular formula is C39H55Cl3N4O6. The molecule has 2 aliphatic carbocycles. The summed E-state index contributed by atoms with van der Waals surface area (Å²) >= 11 is 11.9. The van der Waals surface area contributed by atoms with Crippen molar-refractivity contribution in [1.29, 1.82) is 0 Å². The molecule has 3 N–H and O–H groups in total. The van der Waals surface area contributed by atoms with Gasteiger partial charge >= 0.3 is 6.09 Å². The first kappa shape index (κ1) is 42.1. The Balaban J connectivity index is 0.000000236. The van der Waals surface area contributed by atoms with E-state index in [1.54, 1.807) is 4.90 Å². The predicted molar refractivity (Wildman–Crippen MR) is 206 cm³/mol. The van der Waals surface area contributed by atoms with Crippen LogP contribution in [0.4, 0.5) is 4.79 Å². The maximum Gasteiger partial charge on any atom is 0.410 e. The third-order valence-corrected chi connectivity index (χ3v) is 10.5. The van der Waals surface area contributed by atoms with E-state index in [0.29, 0.717) is 30.6 Å². The normalized spacial score (nSPS) is 27.1. The summed E-state index contributed by atoms with van der Waals surface area (Å²) in [6, 6.07) is 15.9. The average Bonchev–Trinajstić information content (AvgIpc) is 3.89. The molecule has 2 saturated carbocycles. The molecule has 288 valence electrons. The van der Waals surface area contributed by atoms with Gasteiger partial charge in [-0.05, 0) is 92.7 Å². The zero-order valence-electron chi connectivity index (χ0n) is 31.3. The van der Waals surface area contributed by atoms with Gasteiger partial charge in [0.1, 0.15) is 11.7 Å². The number of hydrogen-bond acceptors (Lipinski definition) is 7. The average molecular weight is 782 g/mol. The van der Waals surface area contributed by atoms with E-state index in [1.165, 1.54) is 5.56 Å². The van der Waals surface area contributed by atoms with Gasteiger partial charge in [0.25, 0.3) is 11.8 Å². The van der Waals surface area contributed by atoms with Crippen LogP contribution in [0.2, 0.25) is 10.0 Å². The van der Waals surface area contributed by atoms with Gasteiger partial charge in [0.15, 0.2) is 6.10 Å². The first-order valence-corrected chi connectivity index (χ1v) is 18.7. The molecule has 3 amide bonds. The quantitative estimate of drug-likeness (QED) is 0.285. The fraction of sp³-hybridized carbons (Fsp3) is 0.615. The lowest BCUT2D eigenvalue weighted by Gasteiger charge is -2.39. The summed E-state index contributed by atoms with van der Waals surface area (Å²) in [5.74, 6) is -0.160. The van der Waals surface area contributed by atoms with Crippen molar-refractivity contribution in [3.8, 4) is 0 Å². The Labute approximate surface area is 324 Å². The van der Waals surface area contributed by atoms with E-state index in [-0.39, 0.29) is 72.4 Å². The van der Waals surface area contributed by atoms with E-state index >= 15 is 0 Å². The molecule has 0 aromatic heterocycles. The van der Waals surface area contributed by atoms with Crippen LogP contribution < -0.4 is 16.0 Å². The molecule has 0 bridgehead atoms. The molecule has 10 nitrogen and oxygen atoms in total. The third kappa shape index (κ3) is 12.2. The molecule has 2 unspecified atom stereocenters. The minimum absolute atomic E-state index is 0. The molecule has 13 heteroatoms. The maximum absolute atomic E-state index is 12.9. The lowest BCUT2D eigenvalue weighted by Crippen LogP contribution is -2.58. The predicted octanol–water partition coefficient (Wildman–Crippen LogP) is 6.38. The largest absolute Gasteiger partial charge is 0.444 e. The van der Waals surface area contributed by atoms with Crippen molar-refractivity contribution in [2.24, 2.45) is 10.8 Å². The van der Waals surface area contributed by atoms with Crippen molar-refractivity contribution in [3.05, 3.63) is 69.7 Å². The summed E-state index contributed by atoms with van der Waals surface area (Å²) in [5.41, 5.74) is 2.02. The van der Waals surface area contributed by atoms with Crippen LogP contribution in [0, 0.1) is 10.8 Å². The molecule has 52 heavy (non-hydrogen) atoms. The van der Waals surface area contributed by atoms with Crippen LogP contribution in [0.15, 0.2) is 48.5 Å². The van der Waals surface area contributed by atoms with E-state index in [0.717, 1.165) is 29.8 Å². The smallest absolute Gasteiger partial charge is 0.410 e. The lowest BCUT2D eigenvalue weighted by atomic mass is 10.0. The Morgan fingerprint density at radius 3 is 1.71 bits per heavy atom. The summed E-state index contributed by atoms with van der Waals surface area (Å²) in [5, 5.41) is 10.9. The monoisotopic (exact) mass is 780 g/mol. The standard InChI is InChI=1S/C22H31ClN2O4.C17H23ClN2O2.ClH/c1-21(2,3)29-20(27)25-12-17(19(26)24-18-11-22(18,4)5)28-13-16(25)10-14-6-8-15(23)9-7-14;1-17(2)8-15(17)20-16(21)14-9-19-13(10-22-14)7-11-3-5-12(18)6-4-11;/h6-9,16-18H,10-13H2,1-5H3,(H,24,26);3-6,13-15,19H,7-10H2,1-2H3,(H,20,21);1H/t16-,17+,18?;13-,14+,15?;/m00./s1. The number of morpholine rings is 2. The molecule has 0 radical (unpaired) electrons. The number of ether oxygens (including phenoxy) is 3. The summed E-state index contributed by atoms with van der Waals surface area (Å²) in [6.45, 7) is 15.6. The number of benzene rings is 2. The van der Waals surface area contributed by atoms with Crippen molar-refractivity contribution in [3.63, 3.8) is 0 Å². The van der Waals surface area contributed by atoms with Crippen molar-refractivity contribution < 1.29 is 28.6 Å². The van der Waals surface area contributed by atoms with Gasteiger partial charge < -0.3 is 30.2 Å². The second kappa shape index (κ2) is 17.2. The van der Waals surface area contributed by atoms with Gasteiger partial charge in [0, 0.05) is 34.7 Å². The molecule has 2 aromatic carbocycles. The molecule has 2 saturated heterocycles. The number of amides is 3. The molecule has 0 spiro atoms. The Bertz CT molecular complexity index is 1520. The molecule has 2 heterocycles. The number of hydrogen-bond donors (Lipinski definition) is 3. The van der Waals surface area contributed by atoms with Gasteiger partial charge in [-0.3, -0.25) is 14.5 Å². The third-order valence-electron chi connectivity index (χ3n) is 10.0. The summed E-state index contributed by atoms with van der Waals surface area (Å²) in [4.78, 5) is 39.3. The van der Waals surface area contributed by atoms with Gasteiger partial charge in [-0.2, -0.15) is 0 Å². The van der Waals surface area contributed by atoms with Gasteiger partial charge in [0.2, 0.25) is 0 Å². The number of nitrogens with one attached hydrogen (secondary N) is 3. The van der Waals surface area contributed by atoms with Crippen LogP contribution in [0.25, 0.3) is 0 Å². The maximum atomic E-state index is 12.9. The number of carbonyl (C=O) groups is 3. The molecule has 2 aliphatic heterocycles. The summed E-state index contributed by atoms with van der Waals surface area (Å²) in [7, 11) is 0. The summed E-state index contributed by atoms with van der Waals surface area (Å²) in [6.07, 6.45) is 1.99. The van der Waals surface area contributed by atoms with E-state index in [9.17, 15) is 14.4 Å². The highest BCUT2D eigenvalue weighted by Crippen LogP contribution is 2.45. The van der Waals surface area contributed by atoms with Crippen LogP contribution in [-0.4, -0.2) is 91.1 Å². The highest BCUT2D eigenvalue weighted by molar-refractivity contribution is 6.30. The second-order valence-corrected chi connectivity index (χ2v) is 17.6. The van der Waals surface area contributed by atoms with Crippen LogP contribution >= 0.6 is 35.6 Å². The minimum Gasteiger partial charge on any atom is -0.444 e. The van der Waals surface area contributed by atoms with Crippen LogP contribution in [0.5, 0.6) is 0 Å². The van der Waals surface area contributed by atoms with Gasteiger partial charge in [-0.1, -0.05) is 75.2 Å². The number of halogens is 3. The van der Waals surface area contributed by atoms with Gasteiger partial charge in [-0.25, -0.2) is 4.79 Å². The number of carbonyl (C=O) groups excluding carboxylic acids is 3. The Hall–Kier alpha value is -2.60. The highest BCUT2D eigenvalue weighted by atomic mass is 35.5. The number of nitrogens with zero attached hydrogens (tertiary/aromatic N) is 1. The van der Waals surface area contributed by atoms with E-state index in [1.807, 2.05) is 69.3 Å². The van der Waals surface area contributed by atoms with Crippen molar-refractivity contribution >= 4 is 53.5 Å².